The summed E-state index contributed by atoms with van der Waals surface area (Å²) < 4.78 is 1.44. The molecule has 0 atom stereocenters. The van der Waals surface area contributed by atoms with Gasteiger partial charge in [0.25, 0.3) is 5.91 Å². The van der Waals surface area contributed by atoms with Crippen molar-refractivity contribution in [3.63, 3.8) is 0 Å². The Kier molecular flexibility index (Phi) is 6.98. The molecule has 0 radical (unpaired) electrons. The highest BCUT2D eigenvalue weighted by atomic mass is 16.3. The summed E-state index contributed by atoms with van der Waals surface area (Å²) in [6.07, 6.45) is 7.33. The van der Waals surface area contributed by atoms with Crippen molar-refractivity contribution >= 4 is 17.6 Å². The molecule has 0 aliphatic heterocycles. The monoisotopic (exact) mass is 495 g/mol. The number of anilines is 1. The van der Waals surface area contributed by atoms with Crippen molar-refractivity contribution in [1.29, 1.82) is 0 Å². The molecule has 2 heterocycles. The number of amides is 2. The van der Waals surface area contributed by atoms with E-state index in [-0.39, 0.29) is 23.6 Å². The Bertz CT molecular complexity index is 1410. The number of aryl methyl sites for hydroxylation is 1. The third kappa shape index (κ3) is 5.53. The smallest absolute Gasteiger partial charge is 0.342 e. The molecule has 37 heavy (non-hydrogen) atoms. The van der Waals surface area contributed by atoms with Gasteiger partial charge < -0.3 is 15.7 Å². The number of rotatable bonds is 6. The summed E-state index contributed by atoms with van der Waals surface area (Å²) in [5.41, 5.74) is 4.95. The average molecular weight is 496 g/mol. The standard InChI is InChI=1S/C29H29N5O3/c1-19-6-8-20(9-7-19)18-31-29(37)34-26(21-4-2-3-5-21)17-25(33-34)24-11-10-23(16-27(24)35)32-28(36)22-12-14-30-15-13-22/h6-17,21,35H,2-5,18H2,1H3,(H,31,37)(H,32,36). The zero-order chi connectivity index (χ0) is 25.8. The second-order valence-electron chi connectivity index (χ2n) is 9.41. The van der Waals surface area contributed by atoms with Gasteiger partial charge in [-0.05, 0) is 55.7 Å². The number of carbonyl (C=O) groups excluding carboxylic acids is 2. The van der Waals surface area contributed by atoms with E-state index in [2.05, 4.69) is 20.7 Å². The second kappa shape index (κ2) is 10.7. The number of pyridine rings is 1. The molecule has 2 aromatic heterocycles. The normalized spacial score (nSPS) is 13.4. The summed E-state index contributed by atoms with van der Waals surface area (Å²) >= 11 is 0. The van der Waals surface area contributed by atoms with Crippen molar-refractivity contribution < 1.29 is 14.7 Å². The molecule has 1 aliphatic rings. The highest BCUT2D eigenvalue weighted by Crippen LogP contribution is 2.38. The predicted molar refractivity (Wildman–Crippen MR) is 142 cm³/mol. The third-order valence-electron chi connectivity index (χ3n) is 6.74. The van der Waals surface area contributed by atoms with Crippen molar-refractivity contribution in [2.75, 3.05) is 5.32 Å². The van der Waals surface area contributed by atoms with E-state index in [1.165, 1.54) is 10.7 Å². The van der Waals surface area contributed by atoms with E-state index in [4.69, 9.17) is 0 Å². The Morgan fingerprint density at radius 3 is 2.43 bits per heavy atom. The molecule has 8 nitrogen and oxygen atoms in total. The summed E-state index contributed by atoms with van der Waals surface area (Å²) in [5, 5.41) is 21.1. The Morgan fingerprint density at radius 1 is 1.00 bits per heavy atom. The number of hydrogen-bond donors (Lipinski definition) is 3. The van der Waals surface area contributed by atoms with Crippen LogP contribution in [-0.4, -0.2) is 31.8 Å². The van der Waals surface area contributed by atoms with Gasteiger partial charge in [0.15, 0.2) is 0 Å². The van der Waals surface area contributed by atoms with Crippen LogP contribution in [0.25, 0.3) is 11.3 Å². The van der Waals surface area contributed by atoms with Gasteiger partial charge in [0.05, 0.1) is 11.4 Å². The number of hydrogen-bond acceptors (Lipinski definition) is 5. The van der Waals surface area contributed by atoms with Crippen molar-refractivity contribution in [2.45, 2.75) is 45.1 Å². The van der Waals surface area contributed by atoms with Crippen LogP contribution < -0.4 is 10.6 Å². The van der Waals surface area contributed by atoms with Crippen LogP contribution in [0.2, 0.25) is 0 Å². The van der Waals surface area contributed by atoms with Gasteiger partial charge in [0, 0.05) is 47.7 Å². The molecule has 0 saturated heterocycles. The van der Waals surface area contributed by atoms with E-state index >= 15 is 0 Å². The lowest BCUT2D eigenvalue weighted by Crippen LogP contribution is -2.30. The van der Waals surface area contributed by atoms with E-state index in [1.54, 1.807) is 36.7 Å². The average Bonchev–Trinajstić information content (AvgIpc) is 3.59. The van der Waals surface area contributed by atoms with Gasteiger partial charge in [0.1, 0.15) is 5.75 Å². The van der Waals surface area contributed by atoms with Crippen LogP contribution in [0.5, 0.6) is 5.75 Å². The lowest BCUT2D eigenvalue weighted by atomic mass is 10.0. The molecule has 0 bridgehead atoms. The summed E-state index contributed by atoms with van der Waals surface area (Å²) in [5.74, 6) is -0.0877. The molecule has 1 fully saturated rings. The molecule has 2 amide bonds. The minimum atomic E-state index is -0.299. The minimum absolute atomic E-state index is 0.0322. The highest BCUT2D eigenvalue weighted by molar-refractivity contribution is 6.04. The number of carbonyl (C=O) groups is 2. The Balaban J connectivity index is 1.37. The fourth-order valence-corrected chi connectivity index (χ4v) is 4.69. The van der Waals surface area contributed by atoms with Crippen LogP contribution in [0.1, 0.15) is 58.8 Å². The van der Waals surface area contributed by atoms with Crippen LogP contribution in [-0.2, 0) is 6.54 Å². The number of benzene rings is 2. The van der Waals surface area contributed by atoms with Gasteiger partial charge in [-0.1, -0.05) is 42.7 Å². The summed E-state index contributed by atoms with van der Waals surface area (Å²) in [7, 11) is 0. The fourth-order valence-electron chi connectivity index (χ4n) is 4.69. The zero-order valence-corrected chi connectivity index (χ0v) is 20.6. The van der Waals surface area contributed by atoms with Gasteiger partial charge in [-0.25, -0.2) is 4.79 Å². The summed E-state index contributed by atoms with van der Waals surface area (Å²) in [6.45, 7) is 2.42. The Labute approximate surface area is 215 Å². The van der Waals surface area contributed by atoms with Crippen molar-refractivity contribution in [3.8, 4) is 17.0 Å². The van der Waals surface area contributed by atoms with E-state index in [9.17, 15) is 14.7 Å². The number of phenols is 1. The van der Waals surface area contributed by atoms with Crippen LogP contribution >= 0.6 is 0 Å². The molecular formula is C29H29N5O3. The largest absolute Gasteiger partial charge is 0.507 e. The molecule has 8 heteroatoms. The maximum atomic E-state index is 13.2. The Morgan fingerprint density at radius 2 is 1.73 bits per heavy atom. The maximum absolute atomic E-state index is 13.2. The van der Waals surface area contributed by atoms with Crippen LogP contribution in [0, 0.1) is 6.92 Å². The number of nitrogens with zero attached hydrogens (tertiary/aromatic N) is 3. The van der Waals surface area contributed by atoms with Gasteiger partial charge >= 0.3 is 6.03 Å². The molecule has 4 aromatic rings. The molecule has 2 aromatic carbocycles. The van der Waals surface area contributed by atoms with Crippen molar-refractivity contribution in [3.05, 3.63) is 95.4 Å². The van der Waals surface area contributed by atoms with Crippen LogP contribution in [0.15, 0.2) is 73.1 Å². The predicted octanol–water partition coefficient (Wildman–Crippen LogP) is 5.63. The Hall–Kier alpha value is -4.46. The first-order valence-electron chi connectivity index (χ1n) is 12.5. The quantitative estimate of drug-likeness (QED) is 0.321. The molecule has 0 spiro atoms. The SMILES string of the molecule is Cc1ccc(CNC(=O)n2nc(-c3ccc(NC(=O)c4ccncc4)cc3O)cc2C2CCCC2)cc1. The zero-order valence-electron chi connectivity index (χ0n) is 20.6. The van der Waals surface area contributed by atoms with Gasteiger partial charge in [-0.3, -0.25) is 9.78 Å². The van der Waals surface area contributed by atoms with Crippen molar-refractivity contribution in [1.82, 2.24) is 20.1 Å². The molecule has 1 saturated carbocycles. The molecule has 188 valence electrons. The topological polar surface area (TPSA) is 109 Å². The fraction of sp³-hybridized carbons (Fsp3) is 0.241. The van der Waals surface area contributed by atoms with E-state index in [1.807, 2.05) is 37.3 Å². The van der Waals surface area contributed by atoms with E-state index < -0.39 is 0 Å². The van der Waals surface area contributed by atoms with E-state index in [0.717, 1.165) is 42.5 Å². The number of aromatic hydroxyl groups is 1. The lowest BCUT2D eigenvalue weighted by molar-refractivity contribution is 0.102. The molecule has 1 aliphatic carbocycles. The highest BCUT2D eigenvalue weighted by Gasteiger charge is 2.26. The number of phenolic OH excluding ortho intramolecular Hbond substituents is 1. The first kappa shape index (κ1) is 24.2. The van der Waals surface area contributed by atoms with Crippen LogP contribution in [0.4, 0.5) is 10.5 Å². The molecule has 3 N–H and O–H groups in total. The first-order chi connectivity index (χ1) is 18.0. The third-order valence-corrected chi connectivity index (χ3v) is 6.74. The van der Waals surface area contributed by atoms with Gasteiger partial charge in [-0.2, -0.15) is 9.78 Å². The van der Waals surface area contributed by atoms with Gasteiger partial charge in [-0.15, -0.1) is 0 Å². The second-order valence-corrected chi connectivity index (χ2v) is 9.41. The molecule has 0 unspecified atom stereocenters. The lowest BCUT2D eigenvalue weighted by Gasteiger charge is -2.12. The number of nitrogens with one attached hydrogen (secondary N) is 2. The first-order valence-corrected chi connectivity index (χ1v) is 12.5. The molecular weight excluding hydrogens is 466 g/mol. The van der Waals surface area contributed by atoms with Crippen molar-refractivity contribution in [2.24, 2.45) is 0 Å². The number of aromatic nitrogens is 3. The van der Waals surface area contributed by atoms with Gasteiger partial charge in [0.2, 0.25) is 0 Å². The minimum Gasteiger partial charge on any atom is -0.507 e. The molecule has 5 rings (SSSR count). The maximum Gasteiger partial charge on any atom is 0.342 e. The summed E-state index contributed by atoms with van der Waals surface area (Å²) in [6, 6.07) is 17.7. The van der Waals surface area contributed by atoms with Crippen LogP contribution in [0.3, 0.4) is 0 Å². The summed E-state index contributed by atoms with van der Waals surface area (Å²) in [4.78, 5) is 29.5. The van der Waals surface area contributed by atoms with E-state index in [0.29, 0.717) is 29.1 Å².